The number of carbonyl (C=O) groups is 1. The van der Waals surface area contributed by atoms with Crippen LogP contribution in [0.1, 0.15) is 40.0 Å². The fourth-order valence-corrected chi connectivity index (χ4v) is 3.03. The van der Waals surface area contributed by atoms with E-state index < -0.39 is 17.6 Å². The highest BCUT2D eigenvalue weighted by Gasteiger charge is 2.44. The summed E-state index contributed by atoms with van der Waals surface area (Å²) in [5.74, 6) is -2.82. The average molecular weight is 319 g/mol. The maximum atomic E-state index is 13.7. The number of hydrogen-bond donors (Lipinski definition) is 1. The summed E-state index contributed by atoms with van der Waals surface area (Å²) in [5.41, 5.74) is 4.96. The fourth-order valence-electron chi connectivity index (χ4n) is 3.03. The van der Waals surface area contributed by atoms with Crippen molar-refractivity contribution in [3.8, 4) is 0 Å². The van der Waals surface area contributed by atoms with Crippen molar-refractivity contribution >= 4 is 6.09 Å². The van der Waals surface area contributed by atoms with Gasteiger partial charge >= 0.3 is 6.09 Å². The summed E-state index contributed by atoms with van der Waals surface area (Å²) in [6.45, 7) is 6.92. The van der Waals surface area contributed by atoms with Gasteiger partial charge in [-0.3, -0.25) is 4.90 Å². The Morgan fingerprint density at radius 1 is 1.18 bits per heavy atom. The summed E-state index contributed by atoms with van der Waals surface area (Å²) >= 11 is 0. The second-order valence-corrected chi connectivity index (χ2v) is 7.33. The molecule has 7 heteroatoms. The molecule has 1 atom stereocenters. The van der Waals surface area contributed by atoms with Crippen molar-refractivity contribution in [3.05, 3.63) is 0 Å². The van der Waals surface area contributed by atoms with E-state index in [0.29, 0.717) is 38.9 Å². The average Bonchev–Trinajstić information content (AvgIpc) is 2.40. The van der Waals surface area contributed by atoms with Crippen molar-refractivity contribution in [1.82, 2.24) is 9.80 Å². The van der Waals surface area contributed by atoms with Gasteiger partial charge in [0, 0.05) is 25.7 Å². The largest absolute Gasteiger partial charge is 0.444 e. The Balaban J connectivity index is 1.84. The standard InChI is InChI=1S/C15H27F2N3O2/c1-14(2,3)22-13(21)19-7-4-11(5-8-19)20-9-6-12(18)15(16,17)10-20/h11-12H,4-10,18H2,1-3H3. The van der Waals surface area contributed by atoms with Crippen LogP contribution in [0.25, 0.3) is 0 Å². The Kier molecular flexibility index (Phi) is 4.96. The lowest BCUT2D eigenvalue weighted by Gasteiger charge is -2.43. The lowest BCUT2D eigenvalue weighted by molar-refractivity contribution is -0.0947. The minimum atomic E-state index is -2.82. The molecular weight excluding hydrogens is 292 g/mol. The normalized spacial score (nSPS) is 27.7. The molecule has 2 aliphatic heterocycles. The summed E-state index contributed by atoms with van der Waals surface area (Å²) in [4.78, 5) is 15.5. The van der Waals surface area contributed by atoms with Crippen LogP contribution in [0.2, 0.25) is 0 Å². The third-order valence-electron chi connectivity index (χ3n) is 4.32. The van der Waals surface area contributed by atoms with E-state index in [4.69, 9.17) is 10.5 Å². The van der Waals surface area contributed by atoms with Crippen LogP contribution < -0.4 is 5.73 Å². The monoisotopic (exact) mass is 319 g/mol. The van der Waals surface area contributed by atoms with Crippen LogP contribution in [0.4, 0.5) is 13.6 Å². The number of carbonyl (C=O) groups excluding carboxylic acids is 1. The van der Waals surface area contributed by atoms with E-state index >= 15 is 0 Å². The van der Waals surface area contributed by atoms with Gasteiger partial charge in [-0.15, -0.1) is 0 Å². The van der Waals surface area contributed by atoms with E-state index in [1.54, 1.807) is 4.90 Å². The molecule has 0 aromatic heterocycles. The first-order chi connectivity index (χ1) is 10.1. The molecule has 0 aliphatic carbocycles. The maximum absolute atomic E-state index is 13.7. The van der Waals surface area contributed by atoms with Crippen molar-refractivity contribution in [2.75, 3.05) is 26.2 Å². The Morgan fingerprint density at radius 3 is 2.27 bits per heavy atom. The van der Waals surface area contributed by atoms with Gasteiger partial charge in [-0.05, 0) is 40.0 Å². The molecule has 0 spiro atoms. The van der Waals surface area contributed by atoms with Crippen molar-refractivity contribution in [2.45, 2.75) is 63.6 Å². The molecular formula is C15H27F2N3O2. The minimum Gasteiger partial charge on any atom is -0.444 e. The van der Waals surface area contributed by atoms with E-state index in [0.717, 1.165) is 0 Å². The molecule has 2 saturated heterocycles. The smallest absolute Gasteiger partial charge is 0.410 e. The van der Waals surface area contributed by atoms with E-state index in [1.165, 1.54) is 0 Å². The predicted molar refractivity (Wildman–Crippen MR) is 79.9 cm³/mol. The highest BCUT2D eigenvalue weighted by Crippen LogP contribution is 2.29. The zero-order valence-corrected chi connectivity index (χ0v) is 13.6. The molecule has 0 bridgehead atoms. The van der Waals surface area contributed by atoms with Gasteiger partial charge in [-0.25, -0.2) is 13.6 Å². The molecule has 128 valence electrons. The molecule has 2 fully saturated rings. The van der Waals surface area contributed by atoms with E-state index in [-0.39, 0.29) is 18.7 Å². The molecule has 5 nitrogen and oxygen atoms in total. The second kappa shape index (κ2) is 6.28. The summed E-state index contributed by atoms with van der Waals surface area (Å²) < 4.78 is 32.8. The number of alkyl halides is 2. The zero-order valence-electron chi connectivity index (χ0n) is 13.6. The van der Waals surface area contributed by atoms with Crippen molar-refractivity contribution in [2.24, 2.45) is 5.73 Å². The SMILES string of the molecule is CC(C)(C)OC(=O)N1CCC(N2CCC(N)C(F)(F)C2)CC1. The van der Waals surface area contributed by atoms with Crippen LogP contribution in [0, 0.1) is 0 Å². The van der Waals surface area contributed by atoms with Crippen LogP contribution in [0.3, 0.4) is 0 Å². The molecule has 0 aromatic carbocycles. The number of rotatable bonds is 1. The van der Waals surface area contributed by atoms with Crippen LogP contribution in [-0.4, -0.2) is 65.7 Å². The zero-order chi connectivity index (χ0) is 16.5. The van der Waals surface area contributed by atoms with Gasteiger partial charge in [0.15, 0.2) is 0 Å². The quantitative estimate of drug-likeness (QED) is 0.804. The van der Waals surface area contributed by atoms with Gasteiger partial charge in [-0.1, -0.05) is 0 Å². The maximum Gasteiger partial charge on any atom is 0.410 e. The van der Waals surface area contributed by atoms with E-state index in [1.807, 2.05) is 25.7 Å². The summed E-state index contributed by atoms with van der Waals surface area (Å²) in [6.07, 6.45) is 1.39. The number of hydrogen-bond acceptors (Lipinski definition) is 4. The molecule has 1 unspecified atom stereocenters. The molecule has 2 heterocycles. The first kappa shape index (κ1) is 17.4. The fraction of sp³-hybridized carbons (Fsp3) is 0.933. The van der Waals surface area contributed by atoms with Gasteiger partial charge < -0.3 is 15.4 Å². The van der Waals surface area contributed by atoms with Crippen molar-refractivity contribution in [1.29, 1.82) is 0 Å². The number of halogens is 2. The first-order valence-electron chi connectivity index (χ1n) is 7.94. The number of amides is 1. The molecule has 0 aromatic rings. The second-order valence-electron chi connectivity index (χ2n) is 7.33. The third kappa shape index (κ3) is 4.29. The van der Waals surface area contributed by atoms with E-state index in [9.17, 15) is 13.6 Å². The Hall–Kier alpha value is -0.950. The molecule has 1 amide bonds. The predicted octanol–water partition coefficient (Wildman–Crippen LogP) is 2.05. The lowest BCUT2D eigenvalue weighted by atomic mass is 9.96. The molecule has 0 saturated carbocycles. The first-order valence-corrected chi connectivity index (χ1v) is 7.94. The molecule has 0 radical (unpaired) electrons. The summed E-state index contributed by atoms with van der Waals surface area (Å²) in [6, 6.07) is -0.942. The van der Waals surface area contributed by atoms with Crippen LogP contribution in [0.15, 0.2) is 0 Å². The van der Waals surface area contributed by atoms with Crippen LogP contribution >= 0.6 is 0 Å². The molecule has 2 N–H and O–H groups in total. The van der Waals surface area contributed by atoms with Crippen molar-refractivity contribution in [3.63, 3.8) is 0 Å². The number of nitrogens with zero attached hydrogens (tertiary/aromatic N) is 2. The molecule has 2 rings (SSSR count). The lowest BCUT2D eigenvalue weighted by Crippen LogP contribution is -2.59. The van der Waals surface area contributed by atoms with Gasteiger partial charge in [0.1, 0.15) is 5.60 Å². The van der Waals surface area contributed by atoms with Gasteiger partial charge in [0.25, 0.3) is 5.92 Å². The number of ether oxygens (including phenoxy) is 1. The number of likely N-dealkylation sites (tertiary alicyclic amines) is 2. The highest BCUT2D eigenvalue weighted by molar-refractivity contribution is 5.68. The van der Waals surface area contributed by atoms with Gasteiger partial charge in [0.05, 0.1) is 12.6 Å². The highest BCUT2D eigenvalue weighted by atomic mass is 19.3. The van der Waals surface area contributed by atoms with Crippen molar-refractivity contribution < 1.29 is 18.3 Å². The summed E-state index contributed by atoms with van der Waals surface area (Å²) in [7, 11) is 0. The van der Waals surface area contributed by atoms with Crippen LogP contribution in [-0.2, 0) is 4.74 Å². The molecule has 22 heavy (non-hydrogen) atoms. The van der Waals surface area contributed by atoms with Crippen LogP contribution in [0.5, 0.6) is 0 Å². The minimum absolute atomic E-state index is 0.0945. The van der Waals surface area contributed by atoms with Gasteiger partial charge in [0.2, 0.25) is 0 Å². The van der Waals surface area contributed by atoms with Gasteiger partial charge in [-0.2, -0.15) is 0 Å². The molecule has 2 aliphatic rings. The number of nitrogens with two attached hydrogens (primary N) is 1. The number of piperidine rings is 2. The third-order valence-corrected chi connectivity index (χ3v) is 4.32. The Bertz CT molecular complexity index is 404. The Morgan fingerprint density at radius 2 is 1.77 bits per heavy atom. The van der Waals surface area contributed by atoms with E-state index in [2.05, 4.69) is 0 Å². The Labute approximate surface area is 130 Å². The summed E-state index contributed by atoms with van der Waals surface area (Å²) in [5, 5.41) is 0. The topological polar surface area (TPSA) is 58.8 Å².